The second-order valence-electron chi connectivity index (χ2n) is 23.6. The fourth-order valence-corrected chi connectivity index (χ4v) is 9.10. The van der Waals surface area contributed by atoms with Crippen LogP contribution in [0.1, 0.15) is 68.1 Å². The summed E-state index contributed by atoms with van der Waals surface area (Å²) in [4.78, 5) is 67.0. The Balaban J connectivity index is 0.000000271. The third-order valence-corrected chi connectivity index (χ3v) is 16.3. The van der Waals surface area contributed by atoms with Gasteiger partial charge in [-0.25, -0.2) is 19.6 Å². The minimum absolute atomic E-state index is 0.0664. The van der Waals surface area contributed by atoms with Crippen molar-refractivity contribution in [1.29, 1.82) is 0 Å². The molecule has 0 amide bonds. The van der Waals surface area contributed by atoms with Gasteiger partial charge in [0.25, 0.3) is 0 Å². The van der Waals surface area contributed by atoms with E-state index in [4.69, 9.17) is 33.2 Å². The van der Waals surface area contributed by atoms with Gasteiger partial charge in [0, 0.05) is 76.4 Å². The summed E-state index contributed by atoms with van der Waals surface area (Å²) in [6, 6.07) is 34.2. The quantitative estimate of drug-likeness (QED) is 0.0209. The van der Waals surface area contributed by atoms with Crippen LogP contribution in [-0.2, 0) is 53.3 Å². The Morgan fingerprint density at radius 1 is 0.530 bits per heavy atom. The summed E-state index contributed by atoms with van der Waals surface area (Å²) in [6.45, 7) is 27.0. The third-order valence-electron chi connectivity index (χ3n) is 12.9. The normalized spacial score (nSPS) is 11.8. The Labute approximate surface area is 489 Å². The zero-order valence-corrected chi connectivity index (χ0v) is 52.0. The van der Waals surface area contributed by atoms with Crippen molar-refractivity contribution < 1.29 is 57.4 Å². The standard InChI is InChI=1S/C35H43N3O6Si.C28H37N3O6Si/c1-7-42-33(39)31-22-38(25-41-19-20-45(4,5)6)32(37-31)28-15-18-30(36-21-28)27-13-16-29(17-14-27)44-24-35(2,3)34(40)43-23-26-11-9-8-10-12-26;1-7-36-26(32)24-17-31(19-35-14-15-38(4,5)6)25(30-24)21-10-13-23(29-16-21)20-8-11-22(12-9-20)37-18-28(2,3)27(33)34/h8-18,21-22H,7,19-20,23-25H2,1-6H3;8-13,16-17H,7,14-15,18-19H2,1-6H3,(H,33,34). The van der Waals surface area contributed by atoms with Gasteiger partial charge in [0.05, 0.1) is 35.4 Å². The summed E-state index contributed by atoms with van der Waals surface area (Å²) in [5, 5.41) is 9.25. The monoisotopic (exact) mass is 1170 g/mol. The summed E-state index contributed by atoms with van der Waals surface area (Å²) in [5.74, 6) is 0.201. The van der Waals surface area contributed by atoms with Gasteiger partial charge in [-0.3, -0.25) is 19.6 Å². The minimum Gasteiger partial charge on any atom is -0.492 e. The highest BCUT2D eigenvalue weighted by Crippen LogP contribution is 2.29. The predicted octanol–water partition coefficient (Wildman–Crippen LogP) is 12.8. The van der Waals surface area contributed by atoms with Gasteiger partial charge in [-0.1, -0.05) is 69.6 Å². The average Bonchev–Trinajstić information content (AvgIpc) is 4.16. The number of ether oxygens (including phenoxy) is 7. The Kier molecular flexibility index (Phi) is 22.8. The number of hydrogen-bond acceptors (Lipinski definition) is 15. The van der Waals surface area contributed by atoms with Gasteiger partial charge >= 0.3 is 23.9 Å². The number of aromatic nitrogens is 6. The highest BCUT2D eigenvalue weighted by atomic mass is 28.3. The van der Waals surface area contributed by atoms with Crippen LogP contribution in [-0.4, -0.2) is 114 Å². The first kappa shape index (κ1) is 64.4. The number of pyridine rings is 2. The van der Waals surface area contributed by atoms with Crippen LogP contribution in [0, 0.1) is 10.8 Å². The van der Waals surface area contributed by atoms with E-state index in [1.54, 1.807) is 83.0 Å². The van der Waals surface area contributed by atoms with E-state index in [0.717, 1.165) is 51.3 Å². The van der Waals surface area contributed by atoms with Crippen molar-refractivity contribution in [1.82, 2.24) is 29.1 Å². The average molecular weight is 1170 g/mol. The molecule has 0 spiro atoms. The number of carboxylic acid groups (broad SMARTS) is 1. The van der Waals surface area contributed by atoms with Crippen molar-refractivity contribution in [2.75, 3.05) is 39.6 Å². The van der Waals surface area contributed by atoms with Gasteiger partial charge in [-0.2, -0.15) is 0 Å². The van der Waals surface area contributed by atoms with Crippen LogP contribution in [0.25, 0.3) is 45.3 Å². The number of benzene rings is 3. The SMILES string of the molecule is CCOC(=O)c1cn(COCC[Si](C)(C)C)c(-c2ccc(-c3ccc(OCC(C)(C)C(=O)O)cc3)nc2)n1.CCOC(=O)c1cn(COCC[Si](C)(C)C)c(-c2ccc(-c3ccc(OCC(C)(C)C(=O)OCc4ccccc4)cc3)nc2)n1. The molecule has 0 fully saturated rings. The number of esters is 3. The van der Waals surface area contributed by atoms with E-state index < -0.39 is 44.9 Å². The van der Waals surface area contributed by atoms with Crippen LogP contribution in [0.4, 0.5) is 0 Å². The summed E-state index contributed by atoms with van der Waals surface area (Å²) >= 11 is 0. The van der Waals surface area contributed by atoms with Gasteiger partial charge < -0.3 is 47.4 Å². The number of carboxylic acids is 1. The van der Waals surface area contributed by atoms with Crippen molar-refractivity contribution in [2.45, 2.75) is 113 Å². The van der Waals surface area contributed by atoms with Crippen molar-refractivity contribution >= 4 is 40.0 Å². The molecule has 4 aromatic heterocycles. The molecule has 0 aliphatic heterocycles. The molecule has 4 heterocycles. The van der Waals surface area contributed by atoms with Gasteiger partial charge in [0.15, 0.2) is 11.4 Å². The largest absolute Gasteiger partial charge is 0.492 e. The molecule has 0 aliphatic carbocycles. The van der Waals surface area contributed by atoms with Crippen LogP contribution in [0.15, 0.2) is 128 Å². The first-order valence-corrected chi connectivity index (χ1v) is 35.2. The number of carbonyl (C=O) groups excluding carboxylic acids is 3. The van der Waals surface area contributed by atoms with Crippen molar-refractivity contribution in [3.63, 3.8) is 0 Å². The van der Waals surface area contributed by atoms with E-state index in [-0.39, 0.29) is 63.9 Å². The second kappa shape index (κ2) is 29.5. The molecule has 0 saturated heterocycles. The zero-order valence-electron chi connectivity index (χ0n) is 50.0. The number of hydrogen-bond donors (Lipinski definition) is 1. The molecule has 3 aromatic carbocycles. The fraction of sp³-hybridized carbons (Fsp3) is 0.397. The molecular formula is C63H80N6O12Si2. The second-order valence-corrected chi connectivity index (χ2v) is 34.8. The van der Waals surface area contributed by atoms with E-state index in [0.29, 0.717) is 36.4 Å². The molecule has 0 radical (unpaired) electrons. The first-order valence-electron chi connectivity index (χ1n) is 27.8. The number of carbonyl (C=O) groups is 4. The lowest BCUT2D eigenvalue weighted by Crippen LogP contribution is -2.32. The molecule has 0 saturated carbocycles. The van der Waals surface area contributed by atoms with Crippen LogP contribution < -0.4 is 9.47 Å². The molecular weight excluding hydrogens is 1090 g/mol. The van der Waals surface area contributed by atoms with Gasteiger partial charge in [-0.05, 0) is 132 Å². The molecule has 7 rings (SSSR count). The Hall–Kier alpha value is -7.79. The Bertz CT molecular complexity index is 3210. The van der Waals surface area contributed by atoms with Crippen molar-refractivity contribution in [2.24, 2.45) is 10.8 Å². The molecule has 1 N–H and O–H groups in total. The fourth-order valence-electron chi connectivity index (χ4n) is 7.58. The van der Waals surface area contributed by atoms with E-state index in [1.807, 2.05) is 95.6 Å². The van der Waals surface area contributed by atoms with E-state index in [2.05, 4.69) is 59.2 Å². The Morgan fingerprint density at radius 3 is 1.31 bits per heavy atom. The van der Waals surface area contributed by atoms with E-state index in [9.17, 15) is 24.3 Å². The minimum atomic E-state index is -1.23. The maximum absolute atomic E-state index is 12.7. The van der Waals surface area contributed by atoms with Crippen molar-refractivity contribution in [3.05, 3.63) is 145 Å². The van der Waals surface area contributed by atoms with E-state index in [1.165, 1.54) is 0 Å². The topological polar surface area (TPSA) is 215 Å². The molecule has 442 valence electrons. The van der Waals surface area contributed by atoms with Crippen molar-refractivity contribution in [3.8, 4) is 56.8 Å². The lowest BCUT2D eigenvalue weighted by Gasteiger charge is -2.23. The summed E-state index contributed by atoms with van der Waals surface area (Å²) < 4.78 is 42.9. The number of imidazole rings is 2. The third kappa shape index (κ3) is 20.0. The van der Waals surface area contributed by atoms with Gasteiger partial charge in [0.2, 0.25) is 0 Å². The molecule has 0 bridgehead atoms. The van der Waals surface area contributed by atoms with Crippen LogP contribution in [0.3, 0.4) is 0 Å². The highest BCUT2D eigenvalue weighted by molar-refractivity contribution is 6.76. The van der Waals surface area contributed by atoms with E-state index >= 15 is 0 Å². The smallest absolute Gasteiger partial charge is 0.358 e. The molecule has 20 heteroatoms. The Morgan fingerprint density at radius 2 is 0.940 bits per heavy atom. The molecule has 7 aromatic rings. The van der Waals surface area contributed by atoms with Gasteiger partial charge in [-0.15, -0.1) is 0 Å². The maximum Gasteiger partial charge on any atom is 0.358 e. The number of nitrogens with zero attached hydrogens (tertiary/aromatic N) is 6. The molecule has 83 heavy (non-hydrogen) atoms. The van der Waals surface area contributed by atoms with Gasteiger partial charge in [0.1, 0.15) is 56.4 Å². The predicted molar refractivity (Wildman–Crippen MR) is 324 cm³/mol. The van der Waals surface area contributed by atoms with Crippen LogP contribution in [0.5, 0.6) is 11.5 Å². The van der Waals surface area contributed by atoms with Crippen LogP contribution >= 0.6 is 0 Å². The number of rotatable bonds is 28. The summed E-state index contributed by atoms with van der Waals surface area (Å²) in [6.07, 6.45) is 6.77. The first-order chi connectivity index (χ1) is 39.3. The lowest BCUT2D eigenvalue weighted by molar-refractivity contribution is -0.157. The molecule has 0 aliphatic rings. The lowest BCUT2D eigenvalue weighted by atomic mass is 9.95. The maximum atomic E-state index is 12.7. The van der Waals surface area contributed by atoms with Crippen LogP contribution in [0.2, 0.25) is 51.4 Å². The summed E-state index contributed by atoms with van der Waals surface area (Å²) in [7, 11) is -2.45. The number of aliphatic carboxylic acids is 1. The zero-order chi connectivity index (χ0) is 60.4. The highest BCUT2D eigenvalue weighted by Gasteiger charge is 2.31. The molecule has 18 nitrogen and oxygen atoms in total. The summed E-state index contributed by atoms with van der Waals surface area (Å²) in [5.41, 5.74) is 4.40. The molecule has 0 unspecified atom stereocenters. The molecule has 0 atom stereocenters.